The highest BCUT2D eigenvalue weighted by atomic mass is 28.4. The number of carbonyl (C=O) groups excluding carboxylic acids is 1. The maximum atomic E-state index is 12.9. The molecule has 0 aromatic carbocycles. The van der Waals surface area contributed by atoms with Crippen molar-refractivity contribution >= 4 is 30.9 Å². The third-order valence-electron chi connectivity index (χ3n) is 15.2. The van der Waals surface area contributed by atoms with Crippen molar-refractivity contribution in [1.82, 2.24) is 0 Å². The van der Waals surface area contributed by atoms with Gasteiger partial charge in [0.05, 0.1) is 69.0 Å². The summed E-state index contributed by atoms with van der Waals surface area (Å²) in [5.74, 6) is -0.174. The SMILES string of the molecule is C=C1CC(CCCO[Si](CC)(CC)CC)OC1CCC1C[C@@H](C)C(=C)C(CC2O[C@H](CC(CO[Si](C)(C)C(C)(C)C)O[Si](C)(C)C(C)(C)C)[C@H](OC)[C@H]2CC(=O)OC)O1. The second kappa shape index (κ2) is 22.3. The Bertz CT molecular complexity index is 1330. The summed E-state index contributed by atoms with van der Waals surface area (Å²) in [6, 6.07) is 3.56. The van der Waals surface area contributed by atoms with Gasteiger partial charge in [-0.1, -0.05) is 82.4 Å². The van der Waals surface area contributed by atoms with Crippen molar-refractivity contribution in [1.29, 1.82) is 0 Å². The van der Waals surface area contributed by atoms with Crippen LogP contribution in [0.2, 0.25) is 54.4 Å². The number of hydrogen-bond acceptors (Lipinski definition) is 9. The summed E-state index contributed by atoms with van der Waals surface area (Å²) in [7, 11) is -2.61. The van der Waals surface area contributed by atoms with E-state index in [0.29, 0.717) is 25.4 Å². The summed E-state index contributed by atoms with van der Waals surface area (Å²) in [5.41, 5.74) is 2.29. The Kier molecular flexibility index (Phi) is 19.9. The molecule has 9 nitrogen and oxygen atoms in total. The first-order valence-corrected chi connectivity index (χ1v) is 31.6. The molecule has 3 aliphatic heterocycles. The third-order valence-corrected chi connectivity index (χ3v) is 29.0. The molecule has 0 aromatic heterocycles. The van der Waals surface area contributed by atoms with Crippen LogP contribution in [0.4, 0.5) is 0 Å². The largest absolute Gasteiger partial charge is 0.469 e. The highest BCUT2D eigenvalue weighted by Crippen LogP contribution is 2.44. The fraction of sp³-hybridized carbons (Fsp3) is 0.894. The van der Waals surface area contributed by atoms with Crippen LogP contribution in [0.1, 0.15) is 127 Å². The molecule has 0 amide bonds. The molecule has 3 saturated heterocycles. The first-order chi connectivity index (χ1) is 27.4. The van der Waals surface area contributed by atoms with E-state index in [1.807, 2.05) is 0 Å². The van der Waals surface area contributed by atoms with Crippen LogP contribution in [-0.4, -0.2) is 107 Å². The summed E-state index contributed by atoms with van der Waals surface area (Å²) in [5, 5.41) is 0.102. The second-order valence-electron chi connectivity index (χ2n) is 21.3. The van der Waals surface area contributed by atoms with Crippen molar-refractivity contribution in [2.45, 2.75) is 230 Å². The molecule has 3 fully saturated rings. The number of ether oxygens (including phenoxy) is 5. The molecule has 0 aromatic rings. The van der Waals surface area contributed by atoms with E-state index in [9.17, 15) is 4.79 Å². The van der Waals surface area contributed by atoms with Crippen LogP contribution in [0.25, 0.3) is 0 Å². The zero-order valence-corrected chi connectivity index (χ0v) is 43.8. The van der Waals surface area contributed by atoms with Gasteiger partial charge in [0, 0.05) is 32.5 Å². The quantitative estimate of drug-likeness (QED) is 0.0431. The van der Waals surface area contributed by atoms with Crippen molar-refractivity contribution < 1.29 is 41.8 Å². The minimum Gasteiger partial charge on any atom is -0.469 e. The van der Waals surface area contributed by atoms with Crippen molar-refractivity contribution in [3.8, 4) is 0 Å². The van der Waals surface area contributed by atoms with E-state index in [1.165, 1.54) is 30.8 Å². The van der Waals surface area contributed by atoms with E-state index < -0.39 is 25.0 Å². The average molecular weight is 883 g/mol. The van der Waals surface area contributed by atoms with Crippen LogP contribution in [0.3, 0.4) is 0 Å². The molecular formula is C47H90O9Si3. The molecule has 0 N–H and O–H groups in total. The number of carbonyl (C=O) groups is 1. The zero-order valence-electron chi connectivity index (χ0n) is 40.8. The van der Waals surface area contributed by atoms with Crippen molar-refractivity contribution in [3.05, 3.63) is 24.3 Å². The van der Waals surface area contributed by atoms with Gasteiger partial charge < -0.3 is 37.0 Å². The van der Waals surface area contributed by atoms with Gasteiger partial charge in [0.25, 0.3) is 0 Å². The molecular weight excluding hydrogens is 793 g/mol. The topological polar surface area (TPSA) is 90.9 Å². The first kappa shape index (κ1) is 52.7. The fourth-order valence-corrected chi connectivity index (χ4v) is 13.8. The lowest BCUT2D eigenvalue weighted by Gasteiger charge is -2.42. The molecule has 12 heteroatoms. The van der Waals surface area contributed by atoms with Crippen molar-refractivity contribution in [3.63, 3.8) is 0 Å². The van der Waals surface area contributed by atoms with E-state index in [0.717, 1.165) is 50.7 Å². The van der Waals surface area contributed by atoms with E-state index in [4.69, 9.17) is 37.0 Å². The van der Waals surface area contributed by atoms with Gasteiger partial charge in [-0.25, -0.2) is 0 Å². The minimum absolute atomic E-state index is 0.0293. The van der Waals surface area contributed by atoms with Crippen LogP contribution in [0.15, 0.2) is 24.3 Å². The van der Waals surface area contributed by atoms with Gasteiger partial charge >= 0.3 is 5.97 Å². The predicted octanol–water partition coefficient (Wildman–Crippen LogP) is 11.8. The Hall–Kier alpha value is -0.679. The smallest absolute Gasteiger partial charge is 0.305 e. The van der Waals surface area contributed by atoms with Crippen LogP contribution in [-0.2, 0) is 41.8 Å². The van der Waals surface area contributed by atoms with Gasteiger partial charge in [-0.3, -0.25) is 4.79 Å². The minimum atomic E-state index is -2.17. The molecule has 3 aliphatic rings. The molecule has 0 saturated carbocycles. The summed E-state index contributed by atoms with van der Waals surface area (Å²) in [4.78, 5) is 12.9. The fourth-order valence-electron chi connectivity index (χ4n) is 8.76. The van der Waals surface area contributed by atoms with Crippen LogP contribution >= 0.6 is 0 Å². The number of esters is 1. The van der Waals surface area contributed by atoms with Crippen molar-refractivity contribution in [2.24, 2.45) is 11.8 Å². The van der Waals surface area contributed by atoms with Gasteiger partial charge in [-0.15, -0.1) is 0 Å². The van der Waals surface area contributed by atoms with Crippen molar-refractivity contribution in [2.75, 3.05) is 27.4 Å². The van der Waals surface area contributed by atoms with Crippen LogP contribution in [0, 0.1) is 11.8 Å². The van der Waals surface area contributed by atoms with E-state index in [1.54, 1.807) is 7.11 Å². The van der Waals surface area contributed by atoms with E-state index >= 15 is 0 Å². The van der Waals surface area contributed by atoms with Crippen LogP contribution < -0.4 is 0 Å². The maximum absolute atomic E-state index is 12.9. The number of hydrogen-bond donors (Lipinski definition) is 0. The van der Waals surface area contributed by atoms with E-state index in [2.05, 4.69) is 109 Å². The van der Waals surface area contributed by atoms with E-state index in [-0.39, 0.29) is 77.2 Å². The zero-order chi connectivity index (χ0) is 44.6. The monoisotopic (exact) mass is 883 g/mol. The second-order valence-corrected chi connectivity index (χ2v) is 35.6. The lowest BCUT2D eigenvalue weighted by Crippen LogP contribution is -2.49. The Morgan fingerprint density at radius 3 is 1.98 bits per heavy atom. The lowest BCUT2D eigenvalue weighted by atomic mass is 9.82. The normalized spacial score (nSPS) is 29.3. The van der Waals surface area contributed by atoms with Gasteiger partial charge in [0.2, 0.25) is 0 Å². The number of rotatable bonds is 23. The Balaban J connectivity index is 1.71. The standard InChI is InChI=1S/C47H90O9Si3/c1-19-59(20-2,21-3)51-26-22-23-36-28-34(5)40(53-36)25-24-37-27-33(4)35(6)41(54-37)31-42-39(30-44(48)49-13)45(50-14)43(55-42)29-38(56-58(17,18)47(10,11)12)32-52-57(15,16)46(7,8)9/h33,36-43,45H,5-6,19-32H2,1-4,7-18H3/t33-,36?,37?,38?,39+,40?,41?,42?,43-,45-/m1/s1. The number of methoxy groups -OCH3 is 2. The molecule has 0 radical (unpaired) electrons. The van der Waals surface area contributed by atoms with Gasteiger partial charge in [0.15, 0.2) is 25.0 Å². The Morgan fingerprint density at radius 2 is 1.42 bits per heavy atom. The molecule has 344 valence electrons. The molecule has 3 heterocycles. The summed E-state index contributed by atoms with van der Waals surface area (Å²) >= 11 is 0. The molecule has 10 atom stereocenters. The van der Waals surface area contributed by atoms with Gasteiger partial charge in [-0.2, -0.15) is 0 Å². The Morgan fingerprint density at radius 1 is 0.814 bits per heavy atom. The molecule has 59 heavy (non-hydrogen) atoms. The molecule has 6 unspecified atom stereocenters. The Labute approximate surface area is 365 Å². The maximum Gasteiger partial charge on any atom is 0.305 e. The molecule has 3 rings (SSSR count). The molecule has 0 aliphatic carbocycles. The first-order valence-electron chi connectivity index (χ1n) is 23.2. The average Bonchev–Trinajstić information content (AvgIpc) is 3.67. The van der Waals surface area contributed by atoms with Gasteiger partial charge in [0.1, 0.15) is 0 Å². The third kappa shape index (κ3) is 14.4. The highest BCUT2D eigenvalue weighted by molar-refractivity contribution is 6.75. The highest BCUT2D eigenvalue weighted by Gasteiger charge is 2.50. The lowest BCUT2D eigenvalue weighted by molar-refractivity contribution is -0.143. The summed E-state index contributed by atoms with van der Waals surface area (Å²) in [6.07, 6.45) is 6.18. The molecule has 0 bridgehead atoms. The van der Waals surface area contributed by atoms with Crippen LogP contribution in [0.5, 0.6) is 0 Å². The molecule has 0 spiro atoms. The summed E-state index contributed by atoms with van der Waals surface area (Å²) < 4.78 is 52.4. The summed E-state index contributed by atoms with van der Waals surface area (Å²) in [6.45, 7) is 42.2. The van der Waals surface area contributed by atoms with Gasteiger partial charge in [-0.05, 0) is 110 Å². The predicted molar refractivity (Wildman–Crippen MR) is 250 cm³/mol.